The van der Waals surface area contributed by atoms with Crippen LogP contribution in [0.3, 0.4) is 0 Å². The number of aryl methyl sites for hydroxylation is 2. The Kier molecular flexibility index (Phi) is 5.00. The number of carbonyl (C=O) groups excluding carboxylic acids is 1. The average Bonchev–Trinajstić information content (AvgIpc) is 2.58. The Balaban J connectivity index is 1.82. The minimum absolute atomic E-state index is 0.0230. The molecule has 0 aliphatic carbocycles. The lowest BCUT2D eigenvalue weighted by Gasteiger charge is -2.26. The van der Waals surface area contributed by atoms with Gasteiger partial charge in [-0.3, -0.25) is 4.79 Å². The molecule has 1 aliphatic heterocycles. The van der Waals surface area contributed by atoms with Crippen molar-refractivity contribution in [3.8, 4) is 0 Å². The first-order valence-corrected chi connectivity index (χ1v) is 8.59. The summed E-state index contributed by atoms with van der Waals surface area (Å²) >= 11 is 6.16. The molecule has 2 aromatic rings. The second-order valence-electron chi connectivity index (χ2n) is 6.13. The van der Waals surface area contributed by atoms with Gasteiger partial charge in [-0.25, -0.2) is 9.97 Å². The summed E-state index contributed by atoms with van der Waals surface area (Å²) in [4.78, 5) is 23.2. The van der Waals surface area contributed by atoms with Crippen LogP contribution >= 0.6 is 11.6 Å². The fraction of sp³-hybridized carbons (Fsp3) is 0.389. The SMILES string of the molecule is Cc1nc(Nc2ccc(C)c(Cl)c2)cc(C(=O)N2CCCCC2)n1. The summed E-state index contributed by atoms with van der Waals surface area (Å²) in [7, 11) is 0. The normalized spacial score (nSPS) is 14.5. The molecule has 0 atom stereocenters. The Morgan fingerprint density at radius 2 is 1.88 bits per heavy atom. The number of piperidine rings is 1. The van der Waals surface area contributed by atoms with Crippen LogP contribution in [0, 0.1) is 13.8 Å². The van der Waals surface area contributed by atoms with Crippen LogP contribution in [-0.4, -0.2) is 33.9 Å². The van der Waals surface area contributed by atoms with Crippen LogP contribution in [0.4, 0.5) is 11.5 Å². The van der Waals surface area contributed by atoms with Crippen LogP contribution in [-0.2, 0) is 0 Å². The van der Waals surface area contributed by atoms with Crippen molar-refractivity contribution in [2.45, 2.75) is 33.1 Å². The quantitative estimate of drug-likeness (QED) is 0.910. The molecule has 0 spiro atoms. The predicted molar refractivity (Wildman–Crippen MR) is 96.0 cm³/mol. The largest absolute Gasteiger partial charge is 0.340 e. The van der Waals surface area contributed by atoms with Crippen LogP contribution in [0.1, 0.15) is 41.1 Å². The molecule has 1 aromatic carbocycles. The van der Waals surface area contributed by atoms with E-state index in [1.165, 1.54) is 6.42 Å². The maximum absolute atomic E-state index is 12.6. The zero-order valence-corrected chi connectivity index (χ0v) is 14.7. The average molecular weight is 345 g/mol. The Morgan fingerprint density at radius 3 is 2.58 bits per heavy atom. The van der Waals surface area contributed by atoms with Gasteiger partial charge in [-0.2, -0.15) is 0 Å². The summed E-state index contributed by atoms with van der Waals surface area (Å²) in [6.07, 6.45) is 3.30. The van der Waals surface area contributed by atoms with Crippen molar-refractivity contribution >= 4 is 29.0 Å². The zero-order chi connectivity index (χ0) is 17.1. The second kappa shape index (κ2) is 7.18. The summed E-state index contributed by atoms with van der Waals surface area (Å²) in [5.74, 6) is 1.14. The van der Waals surface area contributed by atoms with Crippen molar-refractivity contribution in [3.05, 3.63) is 46.4 Å². The fourth-order valence-corrected chi connectivity index (χ4v) is 3.00. The van der Waals surface area contributed by atoms with Gasteiger partial charge in [0, 0.05) is 29.9 Å². The molecule has 1 aromatic heterocycles. The van der Waals surface area contributed by atoms with Gasteiger partial charge in [0.1, 0.15) is 17.3 Å². The van der Waals surface area contributed by atoms with Crippen molar-refractivity contribution < 1.29 is 4.79 Å². The van der Waals surface area contributed by atoms with E-state index in [1.54, 1.807) is 13.0 Å². The lowest BCUT2D eigenvalue weighted by Crippen LogP contribution is -2.36. The number of carbonyl (C=O) groups is 1. The van der Waals surface area contributed by atoms with E-state index in [0.717, 1.165) is 37.2 Å². The van der Waals surface area contributed by atoms with E-state index in [2.05, 4.69) is 15.3 Å². The number of hydrogen-bond donors (Lipinski definition) is 1. The molecule has 126 valence electrons. The fourth-order valence-electron chi connectivity index (χ4n) is 2.82. The number of rotatable bonds is 3. The highest BCUT2D eigenvalue weighted by atomic mass is 35.5. The highest BCUT2D eigenvalue weighted by molar-refractivity contribution is 6.31. The molecule has 0 bridgehead atoms. The van der Waals surface area contributed by atoms with Crippen molar-refractivity contribution in [1.29, 1.82) is 0 Å². The van der Waals surface area contributed by atoms with Crippen LogP contribution in [0.25, 0.3) is 0 Å². The monoisotopic (exact) mass is 344 g/mol. The van der Waals surface area contributed by atoms with E-state index in [0.29, 0.717) is 22.4 Å². The van der Waals surface area contributed by atoms with Gasteiger partial charge in [0.25, 0.3) is 5.91 Å². The molecule has 1 aliphatic rings. The lowest BCUT2D eigenvalue weighted by atomic mass is 10.1. The molecular formula is C18H21ClN4O. The van der Waals surface area contributed by atoms with Gasteiger partial charge in [0.2, 0.25) is 0 Å². The van der Waals surface area contributed by atoms with Gasteiger partial charge in [-0.15, -0.1) is 0 Å². The minimum Gasteiger partial charge on any atom is -0.340 e. The van der Waals surface area contributed by atoms with Crippen molar-refractivity contribution in [2.75, 3.05) is 18.4 Å². The zero-order valence-electron chi connectivity index (χ0n) is 14.0. The number of likely N-dealkylation sites (tertiary alicyclic amines) is 1. The third-order valence-corrected chi connectivity index (χ3v) is 4.55. The van der Waals surface area contributed by atoms with E-state index in [9.17, 15) is 4.79 Å². The van der Waals surface area contributed by atoms with Gasteiger partial charge in [0.15, 0.2) is 0 Å². The third-order valence-electron chi connectivity index (χ3n) is 4.14. The molecule has 6 heteroatoms. The number of anilines is 2. The van der Waals surface area contributed by atoms with E-state index >= 15 is 0 Å². The number of nitrogens with zero attached hydrogens (tertiary/aromatic N) is 3. The first kappa shape index (κ1) is 16.7. The Morgan fingerprint density at radius 1 is 1.12 bits per heavy atom. The lowest BCUT2D eigenvalue weighted by molar-refractivity contribution is 0.0718. The maximum Gasteiger partial charge on any atom is 0.272 e. The molecule has 0 radical (unpaired) electrons. The summed E-state index contributed by atoms with van der Waals surface area (Å²) in [5.41, 5.74) is 2.28. The number of amides is 1. The first-order valence-electron chi connectivity index (χ1n) is 8.21. The second-order valence-corrected chi connectivity index (χ2v) is 6.53. The number of nitrogens with one attached hydrogen (secondary N) is 1. The topological polar surface area (TPSA) is 58.1 Å². The van der Waals surface area contributed by atoms with Gasteiger partial charge >= 0.3 is 0 Å². The Bertz CT molecular complexity index is 757. The van der Waals surface area contributed by atoms with E-state index < -0.39 is 0 Å². The predicted octanol–water partition coefficient (Wildman–Crippen LogP) is 4.12. The smallest absolute Gasteiger partial charge is 0.272 e. The Hall–Kier alpha value is -2.14. The molecular weight excluding hydrogens is 324 g/mol. The molecule has 0 saturated carbocycles. The molecule has 1 amide bonds. The van der Waals surface area contributed by atoms with Crippen molar-refractivity contribution in [1.82, 2.24) is 14.9 Å². The van der Waals surface area contributed by atoms with Gasteiger partial charge in [-0.1, -0.05) is 17.7 Å². The highest BCUT2D eigenvalue weighted by Crippen LogP contribution is 2.23. The summed E-state index contributed by atoms with van der Waals surface area (Å²) < 4.78 is 0. The molecule has 1 saturated heterocycles. The summed E-state index contributed by atoms with van der Waals surface area (Å²) in [6, 6.07) is 7.43. The number of aromatic nitrogens is 2. The molecule has 24 heavy (non-hydrogen) atoms. The molecule has 2 heterocycles. The van der Waals surface area contributed by atoms with Crippen LogP contribution in [0.15, 0.2) is 24.3 Å². The molecule has 3 rings (SSSR count). The Labute approximate surface area is 147 Å². The summed E-state index contributed by atoms with van der Waals surface area (Å²) in [5, 5.41) is 3.89. The first-order chi connectivity index (χ1) is 11.5. The van der Waals surface area contributed by atoms with Crippen LogP contribution < -0.4 is 5.32 Å². The van der Waals surface area contributed by atoms with E-state index in [-0.39, 0.29) is 5.91 Å². The minimum atomic E-state index is -0.0230. The van der Waals surface area contributed by atoms with Gasteiger partial charge in [-0.05, 0) is 50.8 Å². The standard InChI is InChI=1S/C18H21ClN4O/c1-12-6-7-14(10-15(12)19)22-17-11-16(20-13(2)21-17)18(24)23-8-4-3-5-9-23/h6-7,10-11H,3-5,8-9H2,1-2H3,(H,20,21,22). The van der Waals surface area contributed by atoms with Crippen LogP contribution in [0.5, 0.6) is 0 Å². The maximum atomic E-state index is 12.6. The number of halogens is 1. The molecule has 1 fully saturated rings. The number of benzene rings is 1. The highest BCUT2D eigenvalue weighted by Gasteiger charge is 2.20. The summed E-state index contributed by atoms with van der Waals surface area (Å²) in [6.45, 7) is 5.35. The van der Waals surface area contributed by atoms with Gasteiger partial charge in [0.05, 0.1) is 0 Å². The van der Waals surface area contributed by atoms with E-state index in [1.807, 2.05) is 30.0 Å². The van der Waals surface area contributed by atoms with Crippen molar-refractivity contribution in [3.63, 3.8) is 0 Å². The molecule has 1 N–H and O–H groups in total. The van der Waals surface area contributed by atoms with Gasteiger partial charge < -0.3 is 10.2 Å². The molecule has 5 nitrogen and oxygen atoms in total. The van der Waals surface area contributed by atoms with Crippen molar-refractivity contribution in [2.24, 2.45) is 0 Å². The van der Waals surface area contributed by atoms with Crippen LogP contribution in [0.2, 0.25) is 5.02 Å². The molecule has 0 unspecified atom stereocenters. The van der Waals surface area contributed by atoms with E-state index in [4.69, 9.17) is 11.6 Å². The third kappa shape index (κ3) is 3.85. The number of hydrogen-bond acceptors (Lipinski definition) is 4.